The van der Waals surface area contributed by atoms with Crippen molar-refractivity contribution in [1.82, 2.24) is 10.1 Å². The number of nitrogens with one attached hydrogen (secondary N) is 1. The van der Waals surface area contributed by atoms with E-state index in [1.165, 1.54) is 0 Å². The van der Waals surface area contributed by atoms with Gasteiger partial charge in [-0.3, -0.25) is 4.79 Å². The summed E-state index contributed by atoms with van der Waals surface area (Å²) in [6.07, 6.45) is 1.52. The Morgan fingerprint density at radius 3 is 2.70 bits per heavy atom. The van der Waals surface area contributed by atoms with Gasteiger partial charge in [0.05, 0.1) is 11.6 Å². The zero-order chi connectivity index (χ0) is 19.9. The highest BCUT2D eigenvalue weighted by Crippen LogP contribution is 2.27. The van der Waals surface area contributed by atoms with E-state index in [4.69, 9.17) is 25.6 Å². The van der Waals surface area contributed by atoms with Crippen LogP contribution in [-0.2, 0) is 21.4 Å². The number of carbonyl (C=O) groups excluding carboxylic acids is 1. The second-order valence-corrected chi connectivity index (χ2v) is 7.56. The number of anilines is 1. The molecule has 0 spiro atoms. The first-order chi connectivity index (χ1) is 12.8. The van der Waals surface area contributed by atoms with Crippen molar-refractivity contribution in [3.8, 4) is 5.75 Å². The monoisotopic (exact) mass is 395 g/mol. The van der Waals surface area contributed by atoms with Crippen LogP contribution < -0.4 is 10.1 Å². The third-order valence-corrected chi connectivity index (χ3v) is 3.99. The molecule has 27 heavy (non-hydrogen) atoms. The molecular weight excluding hydrogens is 370 g/mol. The molecule has 8 heteroatoms. The molecule has 7 nitrogen and oxygen atoms in total. The van der Waals surface area contributed by atoms with Gasteiger partial charge in [0.25, 0.3) is 0 Å². The number of aryl methyl sites for hydroxylation is 1. The maximum absolute atomic E-state index is 12.1. The van der Waals surface area contributed by atoms with E-state index in [0.29, 0.717) is 60.7 Å². The Balaban J connectivity index is 1.78. The van der Waals surface area contributed by atoms with Gasteiger partial charge in [0.15, 0.2) is 5.82 Å². The van der Waals surface area contributed by atoms with E-state index in [9.17, 15) is 4.79 Å². The number of amides is 1. The summed E-state index contributed by atoms with van der Waals surface area (Å²) in [7, 11) is 1.60. The van der Waals surface area contributed by atoms with Gasteiger partial charge in [0.2, 0.25) is 11.8 Å². The highest BCUT2D eigenvalue weighted by atomic mass is 35.5. The van der Waals surface area contributed by atoms with Gasteiger partial charge in [-0.05, 0) is 24.6 Å². The zero-order valence-electron chi connectivity index (χ0n) is 16.2. The fourth-order valence-corrected chi connectivity index (χ4v) is 2.45. The number of rotatable bonds is 9. The first kappa shape index (κ1) is 21.2. The molecular formula is C19H26ClN3O4. The lowest BCUT2D eigenvalue weighted by molar-refractivity contribution is -0.116. The van der Waals surface area contributed by atoms with Crippen LogP contribution in [0.15, 0.2) is 22.7 Å². The Kier molecular flexibility index (Phi) is 7.62. The lowest BCUT2D eigenvalue weighted by Crippen LogP contribution is -2.13. The molecule has 1 N–H and O–H groups in total. The van der Waals surface area contributed by atoms with Crippen LogP contribution in [0.5, 0.6) is 5.75 Å². The molecule has 2 aromatic rings. The van der Waals surface area contributed by atoms with Crippen molar-refractivity contribution >= 4 is 23.2 Å². The molecule has 1 aromatic heterocycles. The van der Waals surface area contributed by atoms with E-state index in [0.717, 1.165) is 0 Å². The minimum absolute atomic E-state index is 0.102. The lowest BCUT2D eigenvalue weighted by Gasteiger charge is -2.10. The zero-order valence-corrected chi connectivity index (χ0v) is 16.9. The summed E-state index contributed by atoms with van der Waals surface area (Å²) in [6, 6.07) is 5.13. The number of halogens is 1. The summed E-state index contributed by atoms with van der Waals surface area (Å²) in [5.41, 5.74) is 0.467. The fourth-order valence-electron chi connectivity index (χ4n) is 2.22. The van der Waals surface area contributed by atoms with Gasteiger partial charge < -0.3 is 19.3 Å². The molecule has 0 unspecified atom stereocenters. The van der Waals surface area contributed by atoms with Gasteiger partial charge in [-0.15, -0.1) is 0 Å². The number of aromatic nitrogens is 2. The molecule has 0 aliphatic rings. The average molecular weight is 396 g/mol. The fraction of sp³-hybridized carbons (Fsp3) is 0.526. The molecule has 0 atom stereocenters. The molecule has 1 heterocycles. The van der Waals surface area contributed by atoms with E-state index in [2.05, 4.69) is 15.5 Å². The summed E-state index contributed by atoms with van der Waals surface area (Å²) in [4.78, 5) is 16.5. The summed E-state index contributed by atoms with van der Waals surface area (Å²) < 4.78 is 15.6. The first-order valence-corrected chi connectivity index (χ1v) is 9.21. The highest BCUT2D eigenvalue weighted by molar-refractivity contribution is 6.32. The van der Waals surface area contributed by atoms with Crippen molar-refractivity contribution < 1.29 is 18.8 Å². The quantitative estimate of drug-likeness (QED) is 0.645. The molecule has 148 valence electrons. The molecule has 0 aliphatic carbocycles. The van der Waals surface area contributed by atoms with Crippen LogP contribution in [0.1, 0.15) is 45.3 Å². The van der Waals surface area contributed by atoms with Crippen LogP contribution in [0, 0.1) is 0 Å². The smallest absolute Gasteiger partial charge is 0.226 e. The topological polar surface area (TPSA) is 86.5 Å². The van der Waals surface area contributed by atoms with Crippen LogP contribution >= 0.6 is 11.6 Å². The van der Waals surface area contributed by atoms with Gasteiger partial charge in [-0.2, -0.15) is 4.98 Å². The van der Waals surface area contributed by atoms with Crippen molar-refractivity contribution in [3.63, 3.8) is 0 Å². The molecule has 2 rings (SSSR count). The molecule has 0 saturated heterocycles. The van der Waals surface area contributed by atoms with Crippen LogP contribution in [0.25, 0.3) is 0 Å². The second kappa shape index (κ2) is 9.71. The van der Waals surface area contributed by atoms with E-state index in [-0.39, 0.29) is 11.3 Å². The number of nitrogens with zero attached hydrogens (tertiary/aromatic N) is 2. The standard InChI is InChI=1S/C19H26ClN3O4/c1-19(2,3)18-22-17(27-23-18)7-5-6-16(24)21-13-8-9-15(14(20)12-13)26-11-10-25-4/h8-9,12H,5-7,10-11H2,1-4H3,(H,21,24). The third kappa shape index (κ3) is 6.84. The van der Waals surface area contributed by atoms with Crippen molar-refractivity contribution in [2.24, 2.45) is 0 Å². The van der Waals surface area contributed by atoms with Crippen LogP contribution in [0.3, 0.4) is 0 Å². The molecule has 1 amide bonds. The number of carbonyl (C=O) groups is 1. The highest BCUT2D eigenvalue weighted by Gasteiger charge is 2.20. The molecule has 0 bridgehead atoms. The minimum atomic E-state index is -0.155. The van der Waals surface area contributed by atoms with Gasteiger partial charge in [0.1, 0.15) is 12.4 Å². The van der Waals surface area contributed by atoms with Gasteiger partial charge in [-0.1, -0.05) is 37.5 Å². The number of methoxy groups -OCH3 is 1. The van der Waals surface area contributed by atoms with Crippen molar-refractivity contribution in [2.75, 3.05) is 25.6 Å². The molecule has 0 aliphatic heterocycles. The third-order valence-electron chi connectivity index (χ3n) is 3.69. The van der Waals surface area contributed by atoms with Crippen molar-refractivity contribution in [1.29, 1.82) is 0 Å². The SMILES string of the molecule is COCCOc1ccc(NC(=O)CCCc2nc(C(C)(C)C)no2)cc1Cl. The summed E-state index contributed by atoms with van der Waals surface area (Å²) in [5.74, 6) is 1.67. The van der Waals surface area contributed by atoms with Gasteiger partial charge in [0, 0.05) is 31.1 Å². The molecule has 0 saturated carbocycles. The molecule has 1 aromatic carbocycles. The predicted octanol–water partition coefficient (Wildman–Crippen LogP) is 4.01. The van der Waals surface area contributed by atoms with Crippen LogP contribution in [-0.4, -0.2) is 36.4 Å². The van der Waals surface area contributed by atoms with E-state index < -0.39 is 0 Å². The maximum Gasteiger partial charge on any atom is 0.226 e. The number of hydrogen-bond donors (Lipinski definition) is 1. The normalized spacial score (nSPS) is 11.4. The van der Waals surface area contributed by atoms with Crippen molar-refractivity contribution in [3.05, 3.63) is 34.9 Å². The summed E-state index contributed by atoms with van der Waals surface area (Å²) >= 11 is 6.17. The summed E-state index contributed by atoms with van der Waals surface area (Å²) in [5, 5.41) is 7.23. The Morgan fingerprint density at radius 1 is 1.30 bits per heavy atom. The Bertz CT molecular complexity index is 756. The van der Waals surface area contributed by atoms with E-state index >= 15 is 0 Å². The summed E-state index contributed by atoms with van der Waals surface area (Å²) in [6.45, 7) is 6.96. The van der Waals surface area contributed by atoms with Gasteiger partial charge >= 0.3 is 0 Å². The van der Waals surface area contributed by atoms with Crippen molar-refractivity contribution in [2.45, 2.75) is 45.4 Å². The second-order valence-electron chi connectivity index (χ2n) is 7.15. The maximum atomic E-state index is 12.1. The number of ether oxygens (including phenoxy) is 2. The lowest BCUT2D eigenvalue weighted by atomic mass is 9.96. The van der Waals surface area contributed by atoms with E-state index in [1.807, 2.05) is 20.8 Å². The minimum Gasteiger partial charge on any atom is -0.490 e. The van der Waals surface area contributed by atoms with Crippen LogP contribution in [0.4, 0.5) is 5.69 Å². The molecule has 0 fully saturated rings. The number of benzene rings is 1. The first-order valence-electron chi connectivity index (χ1n) is 8.84. The van der Waals surface area contributed by atoms with Gasteiger partial charge in [-0.25, -0.2) is 0 Å². The Labute approximate surface area is 164 Å². The average Bonchev–Trinajstić information content (AvgIpc) is 3.06. The van der Waals surface area contributed by atoms with E-state index in [1.54, 1.807) is 25.3 Å². The predicted molar refractivity (Wildman–Crippen MR) is 103 cm³/mol. The van der Waals surface area contributed by atoms with Crippen LogP contribution in [0.2, 0.25) is 5.02 Å². The molecule has 0 radical (unpaired) electrons. The Morgan fingerprint density at radius 2 is 2.07 bits per heavy atom. The largest absolute Gasteiger partial charge is 0.490 e. The Hall–Kier alpha value is -2.12. The number of hydrogen-bond acceptors (Lipinski definition) is 6.